The number of anilines is 1. The highest BCUT2D eigenvalue weighted by Crippen LogP contribution is 2.24. The smallest absolute Gasteiger partial charge is 0.128 e. The lowest BCUT2D eigenvalue weighted by Gasteiger charge is -2.32. The van der Waals surface area contributed by atoms with Crippen LogP contribution in [0.25, 0.3) is 0 Å². The Hall–Kier alpha value is -2.34. The van der Waals surface area contributed by atoms with Crippen LogP contribution in [0.2, 0.25) is 0 Å². The quantitative estimate of drug-likeness (QED) is 0.863. The van der Waals surface area contributed by atoms with E-state index in [1.54, 1.807) is 6.20 Å². The van der Waals surface area contributed by atoms with Gasteiger partial charge in [-0.05, 0) is 42.9 Å². The van der Waals surface area contributed by atoms with Gasteiger partial charge in [0.25, 0.3) is 0 Å². The number of nitrogens with zero attached hydrogens (tertiary/aromatic N) is 3. The summed E-state index contributed by atoms with van der Waals surface area (Å²) in [6.07, 6.45) is 5.24. The third-order valence-corrected chi connectivity index (χ3v) is 4.18. The van der Waals surface area contributed by atoms with Crippen LogP contribution in [0.4, 0.5) is 5.82 Å². The molecule has 0 bridgehead atoms. The summed E-state index contributed by atoms with van der Waals surface area (Å²) in [6, 6.07) is 16.6. The van der Waals surface area contributed by atoms with Gasteiger partial charge < -0.3 is 4.90 Å². The first-order valence-corrected chi connectivity index (χ1v) is 7.50. The maximum Gasteiger partial charge on any atom is 0.128 e. The molecule has 0 atom stereocenters. The molecule has 1 saturated heterocycles. The highest BCUT2D eigenvalue weighted by molar-refractivity contribution is 5.42. The van der Waals surface area contributed by atoms with Crippen LogP contribution in [0.5, 0.6) is 0 Å². The third-order valence-electron chi connectivity index (χ3n) is 4.18. The van der Waals surface area contributed by atoms with E-state index in [2.05, 4.69) is 46.3 Å². The Morgan fingerprint density at radius 3 is 2.48 bits per heavy atom. The second-order valence-corrected chi connectivity index (χ2v) is 5.64. The van der Waals surface area contributed by atoms with Crippen LogP contribution < -0.4 is 4.90 Å². The lowest BCUT2D eigenvalue weighted by Crippen LogP contribution is -2.34. The highest BCUT2D eigenvalue weighted by Gasteiger charge is 2.20. The van der Waals surface area contributed by atoms with Crippen molar-refractivity contribution in [2.24, 2.45) is 5.92 Å². The number of pyridine rings is 1. The number of benzene rings is 1. The van der Waals surface area contributed by atoms with E-state index in [-0.39, 0.29) is 0 Å². The summed E-state index contributed by atoms with van der Waals surface area (Å²) in [6.45, 7) is 2.10. The molecule has 2 heterocycles. The van der Waals surface area contributed by atoms with Gasteiger partial charge in [-0.1, -0.05) is 30.3 Å². The van der Waals surface area contributed by atoms with E-state index in [1.165, 1.54) is 24.8 Å². The molecular formula is C18H19N3. The molecule has 0 unspecified atom stereocenters. The molecular weight excluding hydrogens is 258 g/mol. The SMILES string of the molecule is N#Cc1ccc(N2CCC(Cc3ccccc3)CC2)nc1. The first kappa shape index (κ1) is 13.6. The van der Waals surface area contributed by atoms with Gasteiger partial charge in [-0.3, -0.25) is 0 Å². The Bertz CT molecular complexity index is 605. The Balaban J connectivity index is 1.56. The van der Waals surface area contributed by atoms with Crippen molar-refractivity contribution in [1.29, 1.82) is 5.26 Å². The van der Waals surface area contributed by atoms with Gasteiger partial charge in [0, 0.05) is 19.3 Å². The van der Waals surface area contributed by atoms with Gasteiger partial charge in [-0.15, -0.1) is 0 Å². The molecule has 1 aromatic carbocycles. The molecule has 21 heavy (non-hydrogen) atoms. The van der Waals surface area contributed by atoms with Crippen molar-refractivity contribution >= 4 is 5.82 Å². The summed E-state index contributed by atoms with van der Waals surface area (Å²) in [7, 11) is 0. The molecule has 3 rings (SSSR count). The first-order valence-electron chi connectivity index (χ1n) is 7.50. The standard InChI is InChI=1S/C18H19N3/c19-13-17-6-7-18(20-14-17)21-10-8-16(9-11-21)12-15-4-2-1-3-5-15/h1-7,14,16H,8-12H2. The first-order chi connectivity index (χ1) is 10.3. The highest BCUT2D eigenvalue weighted by atomic mass is 15.2. The van der Waals surface area contributed by atoms with E-state index < -0.39 is 0 Å². The van der Waals surface area contributed by atoms with E-state index in [1.807, 2.05) is 12.1 Å². The van der Waals surface area contributed by atoms with Gasteiger partial charge in [0.1, 0.15) is 11.9 Å². The van der Waals surface area contributed by atoms with Gasteiger partial charge in [0.15, 0.2) is 0 Å². The molecule has 106 valence electrons. The minimum Gasteiger partial charge on any atom is -0.357 e. The number of hydrogen-bond donors (Lipinski definition) is 0. The molecule has 0 spiro atoms. The average Bonchev–Trinajstić information content (AvgIpc) is 2.57. The van der Waals surface area contributed by atoms with Crippen LogP contribution in [-0.4, -0.2) is 18.1 Å². The largest absolute Gasteiger partial charge is 0.357 e. The van der Waals surface area contributed by atoms with Crippen LogP contribution in [0.15, 0.2) is 48.7 Å². The molecule has 0 aliphatic carbocycles. The number of aromatic nitrogens is 1. The maximum absolute atomic E-state index is 8.81. The van der Waals surface area contributed by atoms with E-state index in [0.717, 1.165) is 24.8 Å². The van der Waals surface area contributed by atoms with Crippen LogP contribution >= 0.6 is 0 Å². The minimum atomic E-state index is 0.623. The Morgan fingerprint density at radius 2 is 1.86 bits per heavy atom. The Kier molecular flexibility index (Phi) is 4.16. The van der Waals surface area contributed by atoms with Crippen LogP contribution in [0.1, 0.15) is 24.0 Å². The second kappa shape index (κ2) is 6.41. The third kappa shape index (κ3) is 3.41. The molecule has 1 aliphatic heterocycles. The molecule has 1 fully saturated rings. The van der Waals surface area contributed by atoms with E-state index in [4.69, 9.17) is 5.26 Å². The van der Waals surface area contributed by atoms with Crippen molar-refractivity contribution in [3.05, 3.63) is 59.8 Å². The molecule has 2 aromatic rings. The zero-order valence-corrected chi connectivity index (χ0v) is 12.1. The van der Waals surface area contributed by atoms with E-state index >= 15 is 0 Å². The molecule has 3 heteroatoms. The summed E-state index contributed by atoms with van der Waals surface area (Å²) in [5.74, 6) is 1.76. The summed E-state index contributed by atoms with van der Waals surface area (Å²) in [4.78, 5) is 6.71. The van der Waals surface area contributed by atoms with Crippen molar-refractivity contribution in [1.82, 2.24) is 4.98 Å². The summed E-state index contributed by atoms with van der Waals surface area (Å²) < 4.78 is 0. The summed E-state index contributed by atoms with van der Waals surface area (Å²) in [5, 5.41) is 8.81. The second-order valence-electron chi connectivity index (χ2n) is 5.64. The monoisotopic (exact) mass is 277 g/mol. The van der Waals surface area contributed by atoms with Gasteiger partial charge in [0.05, 0.1) is 5.56 Å². The number of nitriles is 1. The zero-order chi connectivity index (χ0) is 14.5. The normalized spacial score (nSPS) is 15.7. The van der Waals surface area contributed by atoms with Crippen LogP contribution in [-0.2, 0) is 6.42 Å². The molecule has 1 aromatic heterocycles. The topological polar surface area (TPSA) is 39.9 Å². The summed E-state index contributed by atoms with van der Waals surface area (Å²) >= 11 is 0. The molecule has 0 saturated carbocycles. The van der Waals surface area contributed by atoms with Crippen molar-refractivity contribution in [2.75, 3.05) is 18.0 Å². The maximum atomic E-state index is 8.81. The van der Waals surface area contributed by atoms with Crippen LogP contribution in [0, 0.1) is 17.2 Å². The van der Waals surface area contributed by atoms with Crippen molar-refractivity contribution in [3.8, 4) is 6.07 Å². The fraction of sp³-hybridized carbons (Fsp3) is 0.333. The fourth-order valence-corrected chi connectivity index (χ4v) is 2.95. The van der Waals surface area contributed by atoms with Gasteiger partial charge in [-0.25, -0.2) is 4.98 Å². The minimum absolute atomic E-state index is 0.623. The molecule has 0 radical (unpaired) electrons. The lowest BCUT2D eigenvalue weighted by atomic mass is 9.90. The molecule has 0 amide bonds. The van der Waals surface area contributed by atoms with Gasteiger partial charge >= 0.3 is 0 Å². The summed E-state index contributed by atoms with van der Waals surface area (Å²) in [5.41, 5.74) is 2.06. The number of piperidine rings is 1. The molecule has 1 aliphatic rings. The Labute approximate surface area is 125 Å². The zero-order valence-electron chi connectivity index (χ0n) is 12.1. The molecule has 0 N–H and O–H groups in total. The lowest BCUT2D eigenvalue weighted by molar-refractivity contribution is 0.402. The number of hydrogen-bond acceptors (Lipinski definition) is 3. The van der Waals surface area contributed by atoms with E-state index in [0.29, 0.717) is 5.56 Å². The average molecular weight is 277 g/mol. The van der Waals surface area contributed by atoms with Crippen molar-refractivity contribution < 1.29 is 0 Å². The number of rotatable bonds is 3. The van der Waals surface area contributed by atoms with Crippen molar-refractivity contribution in [3.63, 3.8) is 0 Å². The van der Waals surface area contributed by atoms with Crippen molar-refractivity contribution in [2.45, 2.75) is 19.3 Å². The van der Waals surface area contributed by atoms with Gasteiger partial charge in [0.2, 0.25) is 0 Å². The van der Waals surface area contributed by atoms with Gasteiger partial charge in [-0.2, -0.15) is 5.26 Å². The van der Waals surface area contributed by atoms with Crippen LogP contribution in [0.3, 0.4) is 0 Å². The predicted octanol–water partition coefficient (Wildman–Crippen LogP) is 3.41. The Morgan fingerprint density at radius 1 is 1.10 bits per heavy atom. The predicted molar refractivity (Wildman–Crippen MR) is 84.0 cm³/mol. The van der Waals surface area contributed by atoms with E-state index in [9.17, 15) is 0 Å². The fourth-order valence-electron chi connectivity index (χ4n) is 2.95. The molecule has 3 nitrogen and oxygen atoms in total.